The molecule has 0 atom stereocenters. The second kappa shape index (κ2) is 9.75. The monoisotopic (exact) mass is 540 g/mol. The quantitative estimate of drug-likeness (QED) is 0.225. The average molecular weight is 541 g/mol. The molecule has 1 saturated carbocycles. The van der Waals surface area contributed by atoms with Gasteiger partial charge in [-0.1, -0.05) is 110 Å². The van der Waals surface area contributed by atoms with Crippen LogP contribution in [0.5, 0.6) is 0 Å². The molecule has 0 radical (unpaired) electrons. The Bertz CT molecular complexity index is 2030. The van der Waals surface area contributed by atoms with Crippen LogP contribution in [0.15, 0.2) is 109 Å². The van der Waals surface area contributed by atoms with E-state index >= 15 is 0 Å². The van der Waals surface area contributed by atoms with E-state index in [1.54, 1.807) is 0 Å². The minimum Gasteiger partial charge on any atom is -0.208 e. The van der Waals surface area contributed by atoms with Gasteiger partial charge in [0.1, 0.15) is 0 Å². The summed E-state index contributed by atoms with van der Waals surface area (Å²) in [4.78, 5) is 15.2. The molecule has 2 aliphatic carbocycles. The molecule has 5 aromatic carbocycles. The number of rotatable bonds is 3. The SMILES string of the molecule is N#Cc1ccc2c(c1)-c1c(-c3nc(-c4ccccc4)nc(-c4ccc5ccccc5c4)n3)cccc1C21CCCCC1. The first kappa shape index (κ1) is 24.6. The third-order valence-electron chi connectivity index (χ3n) is 9.14. The maximum absolute atomic E-state index is 9.82. The zero-order chi connectivity index (χ0) is 28.1. The van der Waals surface area contributed by atoms with Crippen LogP contribution in [0.1, 0.15) is 48.8 Å². The van der Waals surface area contributed by atoms with Gasteiger partial charge in [-0.15, -0.1) is 0 Å². The minimum absolute atomic E-state index is 0.0244. The van der Waals surface area contributed by atoms with Crippen molar-refractivity contribution in [2.24, 2.45) is 0 Å². The second-order valence-corrected chi connectivity index (χ2v) is 11.5. The summed E-state index contributed by atoms with van der Waals surface area (Å²) in [6.45, 7) is 0. The minimum atomic E-state index is -0.0244. The van der Waals surface area contributed by atoms with E-state index in [4.69, 9.17) is 15.0 Å². The van der Waals surface area contributed by atoms with Gasteiger partial charge in [-0.25, -0.2) is 15.0 Å². The van der Waals surface area contributed by atoms with Crippen molar-refractivity contribution in [3.05, 3.63) is 126 Å². The second-order valence-electron chi connectivity index (χ2n) is 11.5. The molecule has 0 N–H and O–H groups in total. The van der Waals surface area contributed by atoms with Crippen LogP contribution < -0.4 is 0 Å². The average Bonchev–Trinajstić information content (AvgIpc) is 3.33. The van der Waals surface area contributed by atoms with Gasteiger partial charge in [0.25, 0.3) is 0 Å². The molecule has 0 unspecified atom stereocenters. The molecule has 4 nitrogen and oxygen atoms in total. The number of nitrogens with zero attached hydrogens (tertiary/aromatic N) is 4. The standard InChI is InChI=1S/C38H28N4/c39-24-25-16-19-32-31(22-25)34-30(14-9-15-33(34)38(32)20-7-2-8-21-38)37-41-35(27-11-3-1-4-12-27)40-36(42-37)29-18-17-26-10-5-6-13-28(26)23-29/h1,3-6,9-19,22-23H,2,7-8,20-21H2. The lowest BCUT2D eigenvalue weighted by molar-refractivity contribution is 0.353. The lowest BCUT2D eigenvalue weighted by atomic mass is 9.67. The lowest BCUT2D eigenvalue weighted by Gasteiger charge is -2.36. The van der Waals surface area contributed by atoms with Crippen molar-refractivity contribution >= 4 is 10.8 Å². The highest BCUT2D eigenvalue weighted by molar-refractivity contribution is 5.92. The number of hydrogen-bond acceptors (Lipinski definition) is 4. The molecule has 1 fully saturated rings. The highest BCUT2D eigenvalue weighted by atomic mass is 15.0. The van der Waals surface area contributed by atoms with Crippen LogP contribution in [-0.4, -0.2) is 15.0 Å². The first-order valence-corrected chi connectivity index (χ1v) is 14.7. The van der Waals surface area contributed by atoms with E-state index < -0.39 is 0 Å². The van der Waals surface area contributed by atoms with Crippen LogP contribution in [-0.2, 0) is 5.41 Å². The Kier molecular flexibility index (Phi) is 5.72. The predicted octanol–water partition coefficient (Wildman–Crippen LogP) is 9.13. The molecule has 0 amide bonds. The third kappa shape index (κ3) is 3.85. The van der Waals surface area contributed by atoms with E-state index in [-0.39, 0.29) is 5.41 Å². The van der Waals surface area contributed by atoms with Gasteiger partial charge in [0.15, 0.2) is 17.5 Å². The molecular formula is C38H28N4. The third-order valence-corrected chi connectivity index (χ3v) is 9.14. The number of benzene rings is 5. The van der Waals surface area contributed by atoms with Crippen molar-refractivity contribution in [2.45, 2.75) is 37.5 Å². The Labute approximate surface area is 245 Å². The molecule has 2 aliphatic rings. The zero-order valence-electron chi connectivity index (χ0n) is 23.2. The Morgan fingerprint density at radius 2 is 1.29 bits per heavy atom. The fraction of sp³-hybridized carbons (Fsp3) is 0.158. The van der Waals surface area contributed by atoms with Crippen LogP contribution in [0.2, 0.25) is 0 Å². The van der Waals surface area contributed by atoms with Crippen LogP contribution >= 0.6 is 0 Å². The van der Waals surface area contributed by atoms with E-state index in [0.29, 0.717) is 23.0 Å². The molecule has 0 aliphatic heterocycles. The number of fused-ring (bicyclic) bond motifs is 6. The van der Waals surface area contributed by atoms with E-state index in [9.17, 15) is 5.26 Å². The van der Waals surface area contributed by atoms with Gasteiger partial charge in [0, 0.05) is 22.1 Å². The molecule has 8 rings (SSSR count). The van der Waals surface area contributed by atoms with Crippen molar-refractivity contribution in [3.8, 4) is 51.4 Å². The largest absolute Gasteiger partial charge is 0.208 e. The maximum Gasteiger partial charge on any atom is 0.164 e. The van der Waals surface area contributed by atoms with E-state index in [1.165, 1.54) is 41.3 Å². The predicted molar refractivity (Wildman–Crippen MR) is 168 cm³/mol. The van der Waals surface area contributed by atoms with Crippen molar-refractivity contribution < 1.29 is 0 Å². The summed E-state index contributed by atoms with van der Waals surface area (Å²) >= 11 is 0. The van der Waals surface area contributed by atoms with Crippen molar-refractivity contribution in [2.75, 3.05) is 0 Å². The Hall–Kier alpha value is -5.14. The molecular weight excluding hydrogens is 512 g/mol. The number of aromatic nitrogens is 3. The van der Waals surface area contributed by atoms with Crippen molar-refractivity contribution in [1.29, 1.82) is 5.26 Å². The normalized spacial score (nSPS) is 14.8. The molecule has 0 bridgehead atoms. The maximum atomic E-state index is 9.82. The summed E-state index contributed by atoms with van der Waals surface area (Å²) in [5, 5.41) is 12.2. The molecule has 1 spiro atoms. The Morgan fingerprint density at radius 1 is 0.548 bits per heavy atom. The molecule has 42 heavy (non-hydrogen) atoms. The molecule has 1 aromatic heterocycles. The summed E-state index contributed by atoms with van der Waals surface area (Å²) in [5.74, 6) is 1.96. The molecule has 200 valence electrons. The molecule has 1 heterocycles. The van der Waals surface area contributed by atoms with Crippen LogP contribution in [0, 0.1) is 11.3 Å². The van der Waals surface area contributed by atoms with Crippen molar-refractivity contribution in [1.82, 2.24) is 15.0 Å². The first-order chi connectivity index (χ1) is 20.7. The Balaban J connectivity index is 1.39. The summed E-state index contributed by atoms with van der Waals surface area (Å²) in [6.07, 6.45) is 5.93. The summed E-state index contributed by atoms with van der Waals surface area (Å²) in [6, 6.07) is 40.1. The fourth-order valence-corrected chi connectivity index (χ4v) is 7.17. The first-order valence-electron chi connectivity index (χ1n) is 14.7. The van der Waals surface area contributed by atoms with Gasteiger partial charge in [-0.2, -0.15) is 5.26 Å². The van der Waals surface area contributed by atoms with E-state index in [2.05, 4.69) is 78.9 Å². The number of nitriles is 1. The van der Waals surface area contributed by atoms with Crippen LogP contribution in [0.25, 0.3) is 56.1 Å². The zero-order valence-corrected chi connectivity index (χ0v) is 23.2. The van der Waals surface area contributed by atoms with Gasteiger partial charge in [0.2, 0.25) is 0 Å². The highest BCUT2D eigenvalue weighted by Gasteiger charge is 2.44. The molecule has 4 heteroatoms. The summed E-state index contributed by atoms with van der Waals surface area (Å²) in [5.41, 5.74) is 8.56. The number of hydrogen-bond donors (Lipinski definition) is 0. The van der Waals surface area contributed by atoms with Gasteiger partial charge >= 0.3 is 0 Å². The molecule has 6 aromatic rings. The van der Waals surface area contributed by atoms with Gasteiger partial charge in [-0.05, 0) is 64.1 Å². The van der Waals surface area contributed by atoms with Crippen LogP contribution in [0.3, 0.4) is 0 Å². The lowest BCUT2D eigenvalue weighted by Crippen LogP contribution is -2.28. The van der Waals surface area contributed by atoms with Gasteiger partial charge in [0.05, 0.1) is 11.6 Å². The highest BCUT2D eigenvalue weighted by Crippen LogP contribution is 2.57. The summed E-state index contributed by atoms with van der Waals surface area (Å²) in [7, 11) is 0. The van der Waals surface area contributed by atoms with Gasteiger partial charge < -0.3 is 0 Å². The smallest absolute Gasteiger partial charge is 0.164 e. The van der Waals surface area contributed by atoms with Crippen LogP contribution in [0.4, 0.5) is 0 Å². The van der Waals surface area contributed by atoms with E-state index in [1.807, 2.05) is 36.4 Å². The van der Waals surface area contributed by atoms with Crippen molar-refractivity contribution in [3.63, 3.8) is 0 Å². The topological polar surface area (TPSA) is 62.5 Å². The fourth-order valence-electron chi connectivity index (χ4n) is 7.17. The summed E-state index contributed by atoms with van der Waals surface area (Å²) < 4.78 is 0. The van der Waals surface area contributed by atoms with E-state index in [0.717, 1.165) is 40.5 Å². The van der Waals surface area contributed by atoms with Gasteiger partial charge in [-0.3, -0.25) is 0 Å². The Morgan fingerprint density at radius 3 is 2.10 bits per heavy atom. The molecule has 0 saturated heterocycles.